The third-order valence-electron chi connectivity index (χ3n) is 4.61. The van der Waals surface area contributed by atoms with E-state index < -0.39 is 0 Å². The second-order valence-corrected chi connectivity index (χ2v) is 7.14. The second kappa shape index (κ2) is 6.99. The third-order valence-corrected chi connectivity index (χ3v) is 5.14. The Bertz CT molecular complexity index is 842. The van der Waals surface area contributed by atoms with Crippen LogP contribution in [0.4, 0.5) is 0 Å². The molecule has 1 atom stereocenters. The highest BCUT2D eigenvalue weighted by atomic mass is 79.9. The van der Waals surface area contributed by atoms with Crippen molar-refractivity contribution in [3.63, 3.8) is 0 Å². The number of benzene rings is 2. The van der Waals surface area contributed by atoms with Gasteiger partial charge >= 0.3 is 0 Å². The molecule has 4 heteroatoms. The lowest BCUT2D eigenvalue weighted by molar-refractivity contribution is 0.104. The number of nitrogens with zero attached hydrogens (tertiary/aromatic N) is 2. The molecule has 1 saturated heterocycles. The number of aromatic nitrogens is 2. The van der Waals surface area contributed by atoms with E-state index in [0.29, 0.717) is 6.10 Å². The Labute approximate surface area is 150 Å². The van der Waals surface area contributed by atoms with E-state index in [1.165, 1.54) is 18.2 Å². The first-order valence-electron chi connectivity index (χ1n) is 8.43. The number of rotatable bonds is 4. The van der Waals surface area contributed by atoms with Crippen LogP contribution in [-0.2, 0) is 11.2 Å². The van der Waals surface area contributed by atoms with Gasteiger partial charge in [0.15, 0.2) is 0 Å². The van der Waals surface area contributed by atoms with Gasteiger partial charge in [-0.25, -0.2) is 0 Å². The number of halogens is 1. The molecule has 0 amide bonds. The van der Waals surface area contributed by atoms with Gasteiger partial charge in [0.05, 0.1) is 11.8 Å². The van der Waals surface area contributed by atoms with E-state index in [1.54, 1.807) is 0 Å². The van der Waals surface area contributed by atoms with Crippen molar-refractivity contribution < 1.29 is 4.74 Å². The standard InChI is InChI=1S/C20H19BrN2O/c21-15-9-7-14(8-10-15)20-18-6-2-1-5-17(18)19(22-23-20)12-11-16-4-3-13-24-16/h1-2,5-10,16H,3-4,11-13H2. The highest BCUT2D eigenvalue weighted by Gasteiger charge is 2.17. The minimum atomic E-state index is 0.386. The Kier molecular flexibility index (Phi) is 4.58. The summed E-state index contributed by atoms with van der Waals surface area (Å²) in [5.41, 5.74) is 3.11. The van der Waals surface area contributed by atoms with Gasteiger partial charge in [0.25, 0.3) is 0 Å². The van der Waals surface area contributed by atoms with Gasteiger partial charge in [0.1, 0.15) is 5.69 Å². The highest BCUT2D eigenvalue weighted by molar-refractivity contribution is 9.10. The molecule has 122 valence electrons. The average molecular weight is 383 g/mol. The van der Waals surface area contributed by atoms with Gasteiger partial charge in [-0.3, -0.25) is 0 Å². The molecule has 0 bridgehead atoms. The molecule has 1 fully saturated rings. The first kappa shape index (κ1) is 15.7. The summed E-state index contributed by atoms with van der Waals surface area (Å²) in [6.45, 7) is 0.902. The van der Waals surface area contributed by atoms with Gasteiger partial charge in [-0.15, -0.1) is 5.10 Å². The van der Waals surface area contributed by atoms with E-state index in [1.807, 2.05) is 12.1 Å². The fourth-order valence-electron chi connectivity index (χ4n) is 3.33. The fourth-order valence-corrected chi connectivity index (χ4v) is 3.60. The summed E-state index contributed by atoms with van der Waals surface area (Å²) >= 11 is 3.48. The zero-order valence-electron chi connectivity index (χ0n) is 13.4. The summed E-state index contributed by atoms with van der Waals surface area (Å²) in [5, 5.41) is 11.5. The molecule has 0 radical (unpaired) electrons. The third kappa shape index (κ3) is 3.21. The molecule has 1 unspecified atom stereocenters. The van der Waals surface area contributed by atoms with Crippen LogP contribution < -0.4 is 0 Å². The zero-order chi connectivity index (χ0) is 16.4. The van der Waals surface area contributed by atoms with Crippen LogP contribution >= 0.6 is 15.9 Å². The van der Waals surface area contributed by atoms with Crippen molar-refractivity contribution in [3.8, 4) is 11.3 Å². The van der Waals surface area contributed by atoms with E-state index in [4.69, 9.17) is 4.74 Å². The molecule has 0 spiro atoms. The largest absolute Gasteiger partial charge is 0.378 e. The molecule has 0 saturated carbocycles. The van der Waals surface area contributed by atoms with Crippen LogP contribution in [0.25, 0.3) is 22.0 Å². The SMILES string of the molecule is Brc1ccc(-c2nnc(CCC3CCCO3)c3ccccc23)cc1. The molecule has 24 heavy (non-hydrogen) atoms. The Morgan fingerprint density at radius 2 is 1.79 bits per heavy atom. The van der Waals surface area contributed by atoms with Crippen LogP contribution in [0.2, 0.25) is 0 Å². The van der Waals surface area contributed by atoms with Crippen LogP contribution in [0, 0.1) is 0 Å². The maximum Gasteiger partial charge on any atom is 0.101 e. The summed E-state index contributed by atoms with van der Waals surface area (Å²) in [4.78, 5) is 0. The molecule has 2 heterocycles. The molecule has 0 aliphatic carbocycles. The number of hydrogen-bond acceptors (Lipinski definition) is 3. The molecule has 2 aromatic carbocycles. The van der Waals surface area contributed by atoms with Gasteiger partial charge < -0.3 is 4.74 Å². The second-order valence-electron chi connectivity index (χ2n) is 6.22. The number of hydrogen-bond donors (Lipinski definition) is 0. The molecule has 1 aromatic heterocycles. The van der Waals surface area contributed by atoms with Crippen molar-refractivity contribution >= 4 is 26.7 Å². The lowest BCUT2D eigenvalue weighted by Crippen LogP contribution is -2.08. The Hall–Kier alpha value is -1.78. The first-order chi connectivity index (χ1) is 11.8. The summed E-state index contributed by atoms with van der Waals surface area (Å²) in [7, 11) is 0. The van der Waals surface area contributed by atoms with E-state index in [-0.39, 0.29) is 0 Å². The van der Waals surface area contributed by atoms with E-state index in [9.17, 15) is 0 Å². The lowest BCUT2D eigenvalue weighted by Gasteiger charge is -2.12. The normalized spacial score (nSPS) is 17.5. The molecule has 4 rings (SSSR count). The molecule has 3 nitrogen and oxygen atoms in total. The van der Waals surface area contributed by atoms with Gasteiger partial charge in [0, 0.05) is 27.4 Å². The molecule has 3 aromatic rings. The zero-order valence-corrected chi connectivity index (χ0v) is 15.0. The number of aryl methyl sites for hydroxylation is 1. The van der Waals surface area contributed by atoms with Gasteiger partial charge in [-0.2, -0.15) is 5.10 Å². The maximum absolute atomic E-state index is 5.74. The Morgan fingerprint density at radius 1 is 1.00 bits per heavy atom. The van der Waals surface area contributed by atoms with Crippen LogP contribution in [0.5, 0.6) is 0 Å². The monoisotopic (exact) mass is 382 g/mol. The minimum absolute atomic E-state index is 0.386. The van der Waals surface area contributed by atoms with Crippen LogP contribution in [-0.4, -0.2) is 22.9 Å². The van der Waals surface area contributed by atoms with Crippen molar-refractivity contribution in [2.75, 3.05) is 6.61 Å². The number of ether oxygens (including phenoxy) is 1. The van der Waals surface area contributed by atoms with E-state index >= 15 is 0 Å². The van der Waals surface area contributed by atoms with Crippen LogP contribution in [0.15, 0.2) is 53.0 Å². The summed E-state index contributed by atoms with van der Waals surface area (Å²) in [6.07, 6.45) is 4.67. The van der Waals surface area contributed by atoms with Gasteiger partial charge in [-0.05, 0) is 37.8 Å². The molecular formula is C20H19BrN2O. The van der Waals surface area contributed by atoms with E-state index in [2.05, 4.69) is 62.5 Å². The minimum Gasteiger partial charge on any atom is -0.378 e. The van der Waals surface area contributed by atoms with Gasteiger partial charge in [-0.1, -0.05) is 52.3 Å². The maximum atomic E-state index is 5.74. The summed E-state index contributed by atoms with van der Waals surface area (Å²) in [5.74, 6) is 0. The van der Waals surface area contributed by atoms with E-state index in [0.717, 1.165) is 46.3 Å². The topological polar surface area (TPSA) is 35.0 Å². The highest BCUT2D eigenvalue weighted by Crippen LogP contribution is 2.29. The molecule has 1 aliphatic heterocycles. The Morgan fingerprint density at radius 3 is 2.54 bits per heavy atom. The fraction of sp³-hybridized carbons (Fsp3) is 0.300. The predicted molar refractivity (Wildman–Crippen MR) is 100.0 cm³/mol. The molecule has 1 aliphatic rings. The van der Waals surface area contributed by atoms with Gasteiger partial charge in [0.2, 0.25) is 0 Å². The quantitative estimate of drug-likeness (QED) is 0.623. The van der Waals surface area contributed by atoms with Crippen LogP contribution in [0.3, 0.4) is 0 Å². The summed E-state index contributed by atoms with van der Waals surface area (Å²) in [6, 6.07) is 16.7. The van der Waals surface area contributed by atoms with Crippen molar-refractivity contribution in [1.82, 2.24) is 10.2 Å². The predicted octanol–water partition coefficient (Wildman–Crippen LogP) is 5.17. The van der Waals surface area contributed by atoms with Crippen molar-refractivity contribution in [2.45, 2.75) is 31.8 Å². The smallest absolute Gasteiger partial charge is 0.101 e. The lowest BCUT2D eigenvalue weighted by atomic mass is 10.0. The average Bonchev–Trinajstić information content (AvgIpc) is 3.14. The number of fused-ring (bicyclic) bond motifs is 1. The molecular weight excluding hydrogens is 364 g/mol. The Balaban J connectivity index is 1.70. The van der Waals surface area contributed by atoms with Crippen molar-refractivity contribution in [2.24, 2.45) is 0 Å². The summed E-state index contributed by atoms with van der Waals surface area (Å²) < 4.78 is 6.80. The van der Waals surface area contributed by atoms with Crippen molar-refractivity contribution in [3.05, 3.63) is 58.7 Å². The first-order valence-corrected chi connectivity index (χ1v) is 9.22. The van der Waals surface area contributed by atoms with Crippen molar-refractivity contribution in [1.29, 1.82) is 0 Å². The molecule has 0 N–H and O–H groups in total. The van der Waals surface area contributed by atoms with Crippen LogP contribution in [0.1, 0.15) is 25.0 Å².